The maximum Gasteiger partial charge on any atom is 0.277 e. The first-order valence-electron chi connectivity index (χ1n) is 12.2. The fourth-order valence-electron chi connectivity index (χ4n) is 4.60. The van der Waals surface area contributed by atoms with Gasteiger partial charge in [0.05, 0.1) is 17.1 Å². The van der Waals surface area contributed by atoms with Crippen molar-refractivity contribution in [2.75, 3.05) is 6.54 Å². The Morgan fingerprint density at radius 1 is 1.00 bits per heavy atom. The maximum atomic E-state index is 13.5. The number of nitrogens with zero attached hydrogens (tertiary/aromatic N) is 5. The highest BCUT2D eigenvalue weighted by molar-refractivity contribution is 7.89. The van der Waals surface area contributed by atoms with Gasteiger partial charge in [0, 0.05) is 25.5 Å². The molecule has 0 amide bonds. The van der Waals surface area contributed by atoms with Crippen molar-refractivity contribution in [2.24, 2.45) is 0 Å². The molecule has 2 aromatic carbocycles. The summed E-state index contributed by atoms with van der Waals surface area (Å²) in [7, 11) is -3.88. The second kappa shape index (κ2) is 9.83. The Morgan fingerprint density at radius 2 is 1.81 bits per heavy atom. The number of aromatic nitrogens is 5. The zero-order valence-electron chi connectivity index (χ0n) is 20.0. The molecular formula is C26H26N6O4S. The number of aromatic amines is 1. The molecule has 1 aliphatic rings. The van der Waals surface area contributed by atoms with Crippen molar-refractivity contribution in [1.82, 2.24) is 29.0 Å². The molecule has 11 heteroatoms. The monoisotopic (exact) mass is 518 g/mol. The number of piperidine rings is 1. The van der Waals surface area contributed by atoms with E-state index in [-0.39, 0.29) is 17.7 Å². The van der Waals surface area contributed by atoms with Crippen LogP contribution in [0, 0.1) is 0 Å². The summed E-state index contributed by atoms with van der Waals surface area (Å²) in [5, 5.41) is 4.03. The average molecular weight is 519 g/mol. The number of sulfonamides is 1. The van der Waals surface area contributed by atoms with Crippen molar-refractivity contribution in [2.45, 2.75) is 43.6 Å². The van der Waals surface area contributed by atoms with Crippen molar-refractivity contribution in [1.29, 1.82) is 0 Å². The van der Waals surface area contributed by atoms with Gasteiger partial charge in [-0.15, -0.1) is 0 Å². The van der Waals surface area contributed by atoms with Crippen LogP contribution < -0.4 is 4.74 Å². The van der Waals surface area contributed by atoms with Crippen LogP contribution in [0.3, 0.4) is 0 Å². The van der Waals surface area contributed by atoms with Crippen LogP contribution in [0.5, 0.6) is 5.75 Å². The summed E-state index contributed by atoms with van der Waals surface area (Å²) in [6, 6.07) is 18.5. The maximum absolute atomic E-state index is 13.5. The van der Waals surface area contributed by atoms with E-state index in [1.807, 2.05) is 60.9 Å². The van der Waals surface area contributed by atoms with Crippen LogP contribution in [-0.4, -0.2) is 43.9 Å². The zero-order valence-corrected chi connectivity index (χ0v) is 20.8. The second-order valence-electron chi connectivity index (χ2n) is 9.02. The quantitative estimate of drug-likeness (QED) is 0.325. The van der Waals surface area contributed by atoms with Gasteiger partial charge in [0.15, 0.2) is 12.4 Å². The molecule has 0 saturated carbocycles. The molecule has 37 heavy (non-hydrogen) atoms. The third-order valence-electron chi connectivity index (χ3n) is 6.47. The number of H-pyrrole nitrogens is 1. The average Bonchev–Trinajstić information content (AvgIpc) is 3.69. The molecule has 5 aromatic rings. The minimum Gasteiger partial charge on any atom is -0.484 e. The predicted molar refractivity (Wildman–Crippen MR) is 135 cm³/mol. The van der Waals surface area contributed by atoms with E-state index >= 15 is 0 Å². The van der Waals surface area contributed by atoms with Gasteiger partial charge < -0.3 is 18.8 Å². The van der Waals surface area contributed by atoms with Gasteiger partial charge in [-0.1, -0.05) is 35.8 Å². The van der Waals surface area contributed by atoms with Gasteiger partial charge in [-0.2, -0.15) is 9.29 Å². The molecule has 1 unspecified atom stereocenters. The lowest BCUT2D eigenvalue weighted by Gasteiger charge is -2.31. The lowest BCUT2D eigenvalue weighted by Crippen LogP contribution is -2.39. The van der Waals surface area contributed by atoms with Crippen LogP contribution in [0.2, 0.25) is 0 Å². The van der Waals surface area contributed by atoms with E-state index in [9.17, 15) is 8.42 Å². The number of nitrogens with one attached hydrogen (secondary N) is 1. The number of fused-ring (bicyclic) bond motifs is 1. The first-order valence-corrected chi connectivity index (χ1v) is 13.6. The van der Waals surface area contributed by atoms with E-state index in [1.54, 1.807) is 12.1 Å². The molecule has 0 aliphatic carbocycles. The van der Waals surface area contributed by atoms with E-state index in [2.05, 4.69) is 24.7 Å². The summed E-state index contributed by atoms with van der Waals surface area (Å²) in [5.74, 6) is 1.31. The van der Waals surface area contributed by atoms with Gasteiger partial charge >= 0.3 is 0 Å². The van der Waals surface area contributed by atoms with E-state index in [0.717, 1.165) is 24.9 Å². The number of ether oxygens (including phenoxy) is 1. The first kappa shape index (κ1) is 23.4. The van der Waals surface area contributed by atoms with Crippen molar-refractivity contribution < 1.29 is 17.7 Å². The lowest BCUT2D eigenvalue weighted by atomic mass is 10.0. The Kier molecular flexibility index (Phi) is 6.23. The molecule has 4 heterocycles. The van der Waals surface area contributed by atoms with Gasteiger partial charge in [-0.05, 0) is 54.8 Å². The number of para-hydroxylation sites is 2. The topological polar surface area (TPSA) is 119 Å². The molecule has 1 N–H and O–H groups in total. The van der Waals surface area contributed by atoms with E-state index < -0.39 is 16.1 Å². The molecule has 0 bridgehead atoms. The molecule has 1 fully saturated rings. The molecular weight excluding hydrogens is 492 g/mol. The van der Waals surface area contributed by atoms with Crippen molar-refractivity contribution in [3.63, 3.8) is 0 Å². The summed E-state index contributed by atoms with van der Waals surface area (Å²) in [5.41, 5.74) is 2.43. The standard InChI is InChI=1S/C26H26N6O4S/c33-37(34,26-27-21-7-1-2-8-22(21)28-26)32-16-4-3-9-23(32)25-29-24(36-30-25)18-35-20-12-10-19(11-13-20)17-31-14-5-6-15-31/h1-2,5-8,10-15,23H,3-4,9,16-18H2,(H,27,28). The van der Waals surface area contributed by atoms with Gasteiger partial charge in [0.1, 0.15) is 5.75 Å². The van der Waals surface area contributed by atoms with Gasteiger partial charge in [0.25, 0.3) is 15.9 Å². The van der Waals surface area contributed by atoms with Gasteiger partial charge in [0.2, 0.25) is 5.16 Å². The molecule has 0 spiro atoms. The van der Waals surface area contributed by atoms with Gasteiger partial charge in [-0.3, -0.25) is 0 Å². The predicted octanol–water partition coefficient (Wildman–Crippen LogP) is 4.29. The molecule has 1 aliphatic heterocycles. The molecule has 6 rings (SSSR count). The summed E-state index contributed by atoms with van der Waals surface area (Å²) in [6.07, 6.45) is 6.26. The fraction of sp³-hybridized carbons (Fsp3) is 0.269. The number of hydrogen-bond acceptors (Lipinski definition) is 7. The summed E-state index contributed by atoms with van der Waals surface area (Å²) in [4.78, 5) is 11.7. The van der Waals surface area contributed by atoms with Gasteiger partial charge in [-0.25, -0.2) is 13.4 Å². The Bertz CT molecular complexity index is 1560. The SMILES string of the molecule is O=S(=O)(c1nc2ccccc2[nH]1)N1CCCCC1c1noc(COc2ccc(Cn3cccc3)cc2)n1. The van der Waals surface area contributed by atoms with Crippen LogP contribution in [-0.2, 0) is 23.2 Å². The highest BCUT2D eigenvalue weighted by atomic mass is 32.2. The third-order valence-corrected chi connectivity index (χ3v) is 8.21. The number of imidazole rings is 1. The number of rotatable bonds is 8. The Hall–Kier alpha value is -3.96. The Labute approximate surface area is 214 Å². The highest BCUT2D eigenvalue weighted by Crippen LogP contribution is 2.34. The molecule has 190 valence electrons. The summed E-state index contributed by atoms with van der Waals surface area (Å²) < 4.78 is 41.8. The van der Waals surface area contributed by atoms with Crippen LogP contribution >= 0.6 is 0 Å². The van der Waals surface area contributed by atoms with Crippen molar-refractivity contribution in [3.8, 4) is 5.75 Å². The fourth-order valence-corrected chi connectivity index (χ4v) is 6.18. The smallest absolute Gasteiger partial charge is 0.277 e. The Balaban J connectivity index is 1.14. The van der Waals surface area contributed by atoms with Crippen LogP contribution in [0.4, 0.5) is 0 Å². The van der Waals surface area contributed by atoms with Crippen molar-refractivity contribution in [3.05, 3.63) is 90.3 Å². The number of hydrogen-bond donors (Lipinski definition) is 1. The number of benzene rings is 2. The summed E-state index contributed by atoms with van der Waals surface area (Å²) >= 11 is 0. The third kappa shape index (κ3) is 4.87. The van der Waals surface area contributed by atoms with E-state index in [0.29, 0.717) is 35.6 Å². The Morgan fingerprint density at radius 3 is 2.62 bits per heavy atom. The molecule has 3 aromatic heterocycles. The van der Waals surface area contributed by atoms with E-state index in [4.69, 9.17) is 9.26 Å². The lowest BCUT2D eigenvalue weighted by molar-refractivity contribution is 0.231. The molecule has 10 nitrogen and oxygen atoms in total. The zero-order chi connectivity index (χ0) is 25.2. The minimum atomic E-state index is -3.88. The molecule has 1 atom stereocenters. The van der Waals surface area contributed by atoms with Crippen LogP contribution in [0.15, 0.2) is 82.7 Å². The van der Waals surface area contributed by atoms with Crippen LogP contribution in [0.1, 0.15) is 42.6 Å². The normalized spacial score (nSPS) is 16.8. The largest absolute Gasteiger partial charge is 0.484 e. The van der Waals surface area contributed by atoms with Crippen molar-refractivity contribution >= 4 is 21.1 Å². The summed E-state index contributed by atoms with van der Waals surface area (Å²) in [6.45, 7) is 1.24. The van der Waals surface area contributed by atoms with E-state index in [1.165, 1.54) is 4.31 Å². The molecule has 0 radical (unpaired) electrons. The first-order chi connectivity index (χ1) is 18.1. The minimum absolute atomic E-state index is 0.0760. The van der Waals surface area contributed by atoms with Crippen LogP contribution in [0.25, 0.3) is 11.0 Å². The second-order valence-corrected chi connectivity index (χ2v) is 10.8. The molecule has 1 saturated heterocycles. The highest BCUT2D eigenvalue weighted by Gasteiger charge is 2.38.